The zero-order valence-electron chi connectivity index (χ0n) is 18.8. The second kappa shape index (κ2) is 10.1. The van der Waals surface area contributed by atoms with Gasteiger partial charge in [-0.15, -0.1) is 0 Å². The third-order valence-electron chi connectivity index (χ3n) is 5.96. The Labute approximate surface area is 198 Å². The van der Waals surface area contributed by atoms with Gasteiger partial charge in [0.1, 0.15) is 17.1 Å². The van der Waals surface area contributed by atoms with Crippen molar-refractivity contribution >= 4 is 27.0 Å². The Kier molecular flexibility index (Phi) is 7.22. The standard InChI is InChI=1S/C24H28N2O7S/c1-25(24(28)13-21-12-18-5-2-3-8-23(18)33-21)22(15-26-10-9-19(27)14-26)17-6-4-7-20(11-17)32-16-34(29,30)31/h2-8,11-12,19,22,27H,9-10,13-16H2,1H3,(H,29,30,31)/t19-,22-/m1/s1. The van der Waals surface area contributed by atoms with E-state index in [-0.39, 0.29) is 24.1 Å². The molecule has 4 rings (SSSR count). The zero-order valence-corrected chi connectivity index (χ0v) is 19.6. The smallest absolute Gasteiger partial charge is 0.300 e. The van der Waals surface area contributed by atoms with E-state index >= 15 is 0 Å². The number of furan rings is 1. The van der Waals surface area contributed by atoms with Gasteiger partial charge in [-0.2, -0.15) is 8.42 Å². The third kappa shape index (κ3) is 6.15. The molecule has 182 valence electrons. The fourth-order valence-electron chi connectivity index (χ4n) is 4.20. The van der Waals surface area contributed by atoms with Crippen molar-refractivity contribution in [3.05, 3.63) is 65.9 Å². The number of likely N-dealkylation sites (N-methyl/N-ethyl adjacent to an activating group) is 1. The number of aliphatic hydroxyl groups excluding tert-OH is 1. The third-order valence-corrected chi connectivity index (χ3v) is 6.37. The normalized spacial score (nSPS) is 17.7. The van der Waals surface area contributed by atoms with Gasteiger partial charge in [-0.05, 0) is 36.2 Å². The van der Waals surface area contributed by atoms with Crippen LogP contribution in [0.25, 0.3) is 11.0 Å². The van der Waals surface area contributed by atoms with Gasteiger partial charge in [0.15, 0.2) is 0 Å². The summed E-state index contributed by atoms with van der Waals surface area (Å²) in [4.78, 5) is 17.0. The molecule has 3 aromatic rings. The summed E-state index contributed by atoms with van der Waals surface area (Å²) >= 11 is 0. The van der Waals surface area contributed by atoms with Gasteiger partial charge in [-0.3, -0.25) is 14.2 Å². The van der Waals surface area contributed by atoms with Crippen molar-refractivity contribution in [1.82, 2.24) is 9.80 Å². The number of hydrogen-bond acceptors (Lipinski definition) is 7. The first kappa shape index (κ1) is 24.2. The predicted molar refractivity (Wildman–Crippen MR) is 126 cm³/mol. The minimum absolute atomic E-state index is 0.0866. The molecule has 1 aliphatic heterocycles. The number of benzene rings is 2. The van der Waals surface area contributed by atoms with Gasteiger partial charge in [0, 0.05) is 32.1 Å². The number of hydrogen-bond donors (Lipinski definition) is 2. The number of carbonyl (C=O) groups is 1. The van der Waals surface area contributed by atoms with Crippen LogP contribution in [-0.2, 0) is 21.3 Å². The van der Waals surface area contributed by atoms with E-state index in [1.54, 1.807) is 30.1 Å². The second-order valence-electron chi connectivity index (χ2n) is 8.57. The first-order valence-electron chi connectivity index (χ1n) is 11.0. The summed E-state index contributed by atoms with van der Waals surface area (Å²) in [7, 11) is -2.57. The van der Waals surface area contributed by atoms with Crippen LogP contribution in [0.3, 0.4) is 0 Å². The number of nitrogens with zero attached hydrogens (tertiary/aromatic N) is 2. The molecule has 2 heterocycles. The van der Waals surface area contributed by atoms with Crippen molar-refractivity contribution in [3.63, 3.8) is 0 Å². The van der Waals surface area contributed by atoms with Gasteiger partial charge in [-0.1, -0.05) is 30.3 Å². The fourth-order valence-corrected chi connectivity index (χ4v) is 4.48. The van der Waals surface area contributed by atoms with Crippen LogP contribution in [0, 0.1) is 0 Å². The quantitative estimate of drug-likeness (QED) is 0.441. The Morgan fingerprint density at radius 2 is 2.03 bits per heavy atom. The summed E-state index contributed by atoms with van der Waals surface area (Å²) < 4.78 is 42.1. The molecule has 1 fully saturated rings. The lowest BCUT2D eigenvalue weighted by atomic mass is 10.0. The van der Waals surface area contributed by atoms with Gasteiger partial charge in [-0.25, -0.2) is 0 Å². The van der Waals surface area contributed by atoms with Crippen molar-refractivity contribution in [1.29, 1.82) is 0 Å². The highest BCUT2D eigenvalue weighted by atomic mass is 32.2. The van der Waals surface area contributed by atoms with Crippen LogP contribution < -0.4 is 4.74 Å². The summed E-state index contributed by atoms with van der Waals surface area (Å²) in [5.74, 6) is -0.174. The van der Waals surface area contributed by atoms with Gasteiger partial charge >= 0.3 is 10.1 Å². The number of β-amino-alcohol motifs (C(OH)–C–C–N with tert-alkyl or cyclic N) is 1. The highest BCUT2D eigenvalue weighted by molar-refractivity contribution is 7.85. The number of carbonyl (C=O) groups excluding carboxylic acids is 1. The maximum absolute atomic E-state index is 13.2. The maximum Gasteiger partial charge on any atom is 0.300 e. The number of amides is 1. The predicted octanol–water partition coefficient (Wildman–Crippen LogP) is 2.47. The molecule has 1 aliphatic rings. The van der Waals surface area contributed by atoms with E-state index in [1.165, 1.54) is 0 Å². The molecule has 1 amide bonds. The molecule has 0 saturated carbocycles. The molecular weight excluding hydrogens is 460 g/mol. The molecular formula is C24H28N2O7S. The number of ether oxygens (including phenoxy) is 1. The van der Waals surface area contributed by atoms with E-state index in [0.29, 0.717) is 31.8 Å². The lowest BCUT2D eigenvalue weighted by Gasteiger charge is -2.32. The minimum Gasteiger partial charge on any atom is -0.475 e. The molecule has 0 radical (unpaired) electrons. The molecule has 0 spiro atoms. The Balaban J connectivity index is 1.55. The summed E-state index contributed by atoms with van der Waals surface area (Å²) in [6.45, 7) is 1.71. The van der Waals surface area contributed by atoms with Crippen molar-refractivity contribution < 1.29 is 32.0 Å². The van der Waals surface area contributed by atoms with Crippen LogP contribution >= 0.6 is 0 Å². The number of likely N-dealkylation sites (tertiary alicyclic amines) is 1. The van der Waals surface area contributed by atoms with Crippen LogP contribution in [0.5, 0.6) is 5.75 Å². The Morgan fingerprint density at radius 1 is 1.24 bits per heavy atom. The van der Waals surface area contributed by atoms with Crippen LogP contribution in [0.2, 0.25) is 0 Å². The molecule has 2 aromatic carbocycles. The maximum atomic E-state index is 13.2. The number of para-hydroxylation sites is 1. The van der Waals surface area contributed by atoms with Crippen LogP contribution in [0.4, 0.5) is 0 Å². The van der Waals surface area contributed by atoms with E-state index < -0.39 is 22.2 Å². The topological polar surface area (TPSA) is 121 Å². The first-order valence-corrected chi connectivity index (χ1v) is 12.6. The molecule has 0 unspecified atom stereocenters. The van der Waals surface area contributed by atoms with Crippen LogP contribution in [0.15, 0.2) is 59.0 Å². The highest BCUT2D eigenvalue weighted by Gasteiger charge is 2.29. The average Bonchev–Trinajstić information content (AvgIpc) is 3.40. The molecule has 34 heavy (non-hydrogen) atoms. The van der Waals surface area contributed by atoms with Gasteiger partial charge in [0.2, 0.25) is 11.8 Å². The van der Waals surface area contributed by atoms with Gasteiger partial charge < -0.3 is 19.2 Å². The van der Waals surface area contributed by atoms with Crippen LogP contribution in [0.1, 0.15) is 23.8 Å². The van der Waals surface area contributed by atoms with E-state index in [0.717, 1.165) is 16.5 Å². The van der Waals surface area contributed by atoms with E-state index in [4.69, 9.17) is 13.7 Å². The number of aliphatic hydroxyl groups is 1. The zero-order chi connectivity index (χ0) is 24.3. The summed E-state index contributed by atoms with van der Waals surface area (Å²) in [5.41, 5.74) is 1.47. The van der Waals surface area contributed by atoms with Crippen LogP contribution in [-0.4, -0.2) is 72.5 Å². The van der Waals surface area contributed by atoms with Crippen molar-refractivity contribution in [3.8, 4) is 5.75 Å². The highest BCUT2D eigenvalue weighted by Crippen LogP contribution is 2.28. The van der Waals surface area contributed by atoms with Crippen molar-refractivity contribution in [2.45, 2.75) is 25.0 Å². The van der Waals surface area contributed by atoms with E-state index in [9.17, 15) is 18.3 Å². The van der Waals surface area contributed by atoms with Gasteiger partial charge in [0.25, 0.3) is 0 Å². The van der Waals surface area contributed by atoms with Crippen molar-refractivity contribution in [2.24, 2.45) is 0 Å². The SMILES string of the molecule is CN(C(=O)Cc1cc2ccccc2o1)[C@H](CN1CC[C@@H](O)C1)c1cccc(OCS(=O)(=O)O)c1. The summed E-state index contributed by atoms with van der Waals surface area (Å²) in [5, 5.41) is 10.9. The molecule has 1 aromatic heterocycles. The molecule has 2 N–H and O–H groups in total. The summed E-state index contributed by atoms with van der Waals surface area (Å²) in [6.07, 6.45) is 0.353. The molecule has 0 bridgehead atoms. The lowest BCUT2D eigenvalue weighted by molar-refractivity contribution is -0.132. The molecule has 0 aliphatic carbocycles. The molecule has 9 nitrogen and oxygen atoms in total. The monoisotopic (exact) mass is 488 g/mol. The Morgan fingerprint density at radius 3 is 2.74 bits per heavy atom. The first-order chi connectivity index (χ1) is 16.2. The van der Waals surface area contributed by atoms with E-state index in [1.807, 2.05) is 36.4 Å². The largest absolute Gasteiger partial charge is 0.475 e. The average molecular weight is 489 g/mol. The second-order valence-corrected chi connectivity index (χ2v) is 9.97. The number of rotatable bonds is 9. The molecule has 1 saturated heterocycles. The molecule has 2 atom stereocenters. The van der Waals surface area contributed by atoms with E-state index in [2.05, 4.69) is 4.90 Å². The number of fused-ring (bicyclic) bond motifs is 1. The van der Waals surface area contributed by atoms with Gasteiger partial charge in [0.05, 0.1) is 18.6 Å². The fraction of sp³-hybridized carbons (Fsp3) is 0.375. The van der Waals surface area contributed by atoms with Crippen molar-refractivity contribution in [2.75, 3.05) is 32.6 Å². The Hall–Kier alpha value is -2.92. The summed E-state index contributed by atoms with van der Waals surface area (Å²) in [6, 6.07) is 15.8. The molecule has 10 heteroatoms. The minimum atomic E-state index is -4.29. The lowest BCUT2D eigenvalue weighted by Crippen LogP contribution is -2.39. The Bertz CT molecular complexity index is 1220.